The highest BCUT2D eigenvalue weighted by atomic mass is 28.5. The van der Waals surface area contributed by atoms with E-state index in [1.165, 1.54) is 76.3 Å². The molecule has 0 heterocycles. The first-order valence-electron chi connectivity index (χ1n) is 19.1. The van der Waals surface area contributed by atoms with Crippen LogP contribution in [0.15, 0.2) is 36.5 Å². The molecule has 0 radical (unpaired) electrons. The van der Waals surface area contributed by atoms with E-state index >= 15 is 0 Å². The SMILES string of the molecule is C/C=C\C1CC(CC[Si](C)(C)O[Si](C)(C)O[Si](C)(CCC2CC3C=CC2C3)O[Si](C)(C)O[Si](C)(C)CCC)C1.C/C=C\C1CCC1. The van der Waals surface area contributed by atoms with Gasteiger partial charge in [-0.05, 0) is 171 Å². The van der Waals surface area contributed by atoms with E-state index in [9.17, 15) is 0 Å². The molecular weight excluding hydrogens is 649 g/mol. The van der Waals surface area contributed by atoms with Crippen molar-refractivity contribution < 1.29 is 16.5 Å². The van der Waals surface area contributed by atoms with E-state index in [1.807, 2.05) is 0 Å². The fraction of sp³-hybridized carbons (Fsp3) is 0.838. The molecule has 0 spiro atoms. The lowest BCUT2D eigenvalue weighted by Crippen LogP contribution is -2.60. The molecule has 0 amide bonds. The van der Waals surface area contributed by atoms with Gasteiger partial charge in [-0.2, -0.15) is 0 Å². The van der Waals surface area contributed by atoms with Gasteiger partial charge in [-0.1, -0.05) is 62.6 Å². The third kappa shape index (κ3) is 13.8. The van der Waals surface area contributed by atoms with Crippen LogP contribution < -0.4 is 0 Å². The lowest BCUT2D eigenvalue weighted by Gasteiger charge is -2.44. The van der Waals surface area contributed by atoms with Crippen molar-refractivity contribution in [2.45, 2.75) is 162 Å². The van der Waals surface area contributed by atoms with Crippen LogP contribution in [-0.2, 0) is 16.5 Å². The fourth-order valence-corrected chi connectivity index (χ4v) is 34.2. The van der Waals surface area contributed by atoms with Crippen LogP contribution in [0.2, 0.25) is 77.1 Å². The van der Waals surface area contributed by atoms with Crippen LogP contribution in [0.5, 0.6) is 0 Å². The first-order chi connectivity index (χ1) is 21.4. The Balaban J connectivity index is 0.000000724. The zero-order chi connectivity index (χ0) is 34.2. The Labute approximate surface area is 291 Å². The zero-order valence-corrected chi connectivity index (χ0v) is 37.3. The van der Waals surface area contributed by atoms with E-state index in [-0.39, 0.29) is 0 Å². The van der Waals surface area contributed by atoms with Crippen LogP contribution in [-0.4, -0.2) is 42.3 Å². The minimum Gasteiger partial charge on any atom is -0.436 e. The van der Waals surface area contributed by atoms with E-state index in [0.717, 1.165) is 41.6 Å². The van der Waals surface area contributed by atoms with E-state index in [4.69, 9.17) is 16.5 Å². The number of hydrogen-bond donors (Lipinski definition) is 0. The zero-order valence-electron chi connectivity index (χ0n) is 32.3. The third-order valence-corrected chi connectivity index (χ3v) is 30.8. The van der Waals surface area contributed by atoms with Crippen molar-refractivity contribution in [2.24, 2.45) is 35.5 Å². The largest absolute Gasteiger partial charge is 0.436 e. The first kappa shape index (κ1) is 40.6. The van der Waals surface area contributed by atoms with Gasteiger partial charge in [-0.15, -0.1) is 0 Å². The lowest BCUT2D eigenvalue weighted by molar-refractivity contribution is 0.229. The number of allylic oxidation sites excluding steroid dienone is 6. The monoisotopic (exact) mass is 722 g/mol. The molecule has 4 unspecified atom stereocenters. The summed E-state index contributed by atoms with van der Waals surface area (Å²) in [6, 6.07) is 3.47. The minimum absolute atomic E-state index is 0.775. The number of hydrogen-bond acceptors (Lipinski definition) is 4. The van der Waals surface area contributed by atoms with Gasteiger partial charge in [0.1, 0.15) is 0 Å². The Hall–Kier alpha value is 0.144. The van der Waals surface area contributed by atoms with Crippen molar-refractivity contribution in [3.8, 4) is 0 Å². The molecule has 0 N–H and O–H groups in total. The second-order valence-electron chi connectivity index (χ2n) is 17.6. The van der Waals surface area contributed by atoms with Crippen LogP contribution in [0.4, 0.5) is 0 Å². The summed E-state index contributed by atoms with van der Waals surface area (Å²) in [5.41, 5.74) is 0. The molecule has 0 aliphatic heterocycles. The van der Waals surface area contributed by atoms with Gasteiger partial charge in [0.05, 0.1) is 0 Å². The summed E-state index contributed by atoms with van der Waals surface area (Å²) < 4.78 is 28.3. The average Bonchev–Trinajstić information content (AvgIpc) is 3.48. The second kappa shape index (κ2) is 17.4. The molecule has 4 nitrogen and oxygen atoms in total. The summed E-state index contributed by atoms with van der Waals surface area (Å²) in [4.78, 5) is 0. The normalized spacial score (nSPS) is 28.3. The molecule has 0 saturated heterocycles. The van der Waals surface area contributed by atoms with Gasteiger partial charge in [0.15, 0.2) is 16.6 Å². The summed E-state index contributed by atoms with van der Waals surface area (Å²) in [6.07, 6.45) is 27.5. The van der Waals surface area contributed by atoms with Gasteiger partial charge >= 0.3 is 25.7 Å². The molecule has 0 aromatic carbocycles. The summed E-state index contributed by atoms with van der Waals surface area (Å²) in [6.45, 7) is 27.5. The van der Waals surface area contributed by atoms with Gasteiger partial charge in [-0.25, -0.2) is 0 Å². The Kier molecular flexibility index (Phi) is 15.3. The molecule has 2 bridgehead atoms. The maximum absolute atomic E-state index is 7.22. The van der Waals surface area contributed by atoms with Crippen molar-refractivity contribution in [1.82, 2.24) is 0 Å². The molecule has 3 saturated carbocycles. The van der Waals surface area contributed by atoms with Gasteiger partial charge < -0.3 is 16.5 Å². The maximum atomic E-state index is 7.22. The molecule has 0 aromatic rings. The Morgan fingerprint density at radius 2 is 1.20 bits per heavy atom. The number of rotatable bonds is 18. The standard InChI is InChI=1S/C30H62O4Si5.C7H12/c1-12-14-26-22-28(23-26)17-20-36(5,6)32-38(9,10)34-39(11,21-18-30-25-27-15-16-29(30)24-27)33-37(7,8)31-35(3,4)19-13-2;1-2-4-7-5-3-6-7/h12,14-16,26-30H,13,17-25H2,1-11H3;2,4,7H,3,5-6H2,1H3/b14-12-;4-2-. The second-order valence-corrected chi connectivity index (χ2v) is 37.2. The predicted octanol–water partition coefficient (Wildman–Crippen LogP) is 12.3. The van der Waals surface area contributed by atoms with E-state index in [2.05, 4.69) is 116 Å². The van der Waals surface area contributed by atoms with Gasteiger partial charge in [0.2, 0.25) is 0 Å². The molecule has 4 aliphatic rings. The van der Waals surface area contributed by atoms with E-state index in [1.54, 1.807) is 0 Å². The summed E-state index contributed by atoms with van der Waals surface area (Å²) in [5.74, 6) is 5.03. The van der Waals surface area contributed by atoms with Crippen molar-refractivity contribution in [3.63, 3.8) is 0 Å². The predicted molar refractivity (Wildman–Crippen MR) is 212 cm³/mol. The van der Waals surface area contributed by atoms with Crippen molar-refractivity contribution in [1.29, 1.82) is 0 Å². The fourth-order valence-electron chi connectivity index (χ4n) is 8.82. The maximum Gasteiger partial charge on any atom is 0.317 e. The van der Waals surface area contributed by atoms with E-state index < -0.39 is 42.3 Å². The smallest absolute Gasteiger partial charge is 0.317 e. The van der Waals surface area contributed by atoms with Gasteiger partial charge in [0, 0.05) is 0 Å². The highest BCUT2D eigenvalue weighted by Gasteiger charge is 2.49. The molecule has 0 aromatic heterocycles. The minimum atomic E-state index is -2.51. The topological polar surface area (TPSA) is 36.9 Å². The highest BCUT2D eigenvalue weighted by molar-refractivity contribution is 6.90. The Bertz CT molecular complexity index is 1020. The van der Waals surface area contributed by atoms with Crippen LogP contribution in [0.25, 0.3) is 0 Å². The van der Waals surface area contributed by atoms with Crippen LogP contribution in [0, 0.1) is 35.5 Å². The Morgan fingerprint density at radius 3 is 1.63 bits per heavy atom. The Morgan fingerprint density at radius 1 is 0.630 bits per heavy atom. The average molecular weight is 723 g/mol. The van der Waals surface area contributed by atoms with Crippen molar-refractivity contribution in [3.05, 3.63) is 36.5 Å². The molecule has 9 heteroatoms. The summed E-state index contributed by atoms with van der Waals surface area (Å²) in [7, 11) is -10.8. The van der Waals surface area contributed by atoms with Crippen LogP contribution in [0.1, 0.15) is 85.0 Å². The van der Waals surface area contributed by atoms with Crippen molar-refractivity contribution in [2.75, 3.05) is 0 Å². The highest BCUT2D eigenvalue weighted by Crippen LogP contribution is 2.46. The molecule has 4 atom stereocenters. The van der Waals surface area contributed by atoms with Crippen LogP contribution in [0.3, 0.4) is 0 Å². The lowest BCUT2D eigenvalue weighted by atomic mass is 9.73. The first-order valence-corrected chi connectivity index (χ1v) is 33.5. The van der Waals surface area contributed by atoms with E-state index in [0.29, 0.717) is 0 Å². The van der Waals surface area contributed by atoms with Gasteiger partial charge in [-0.3, -0.25) is 0 Å². The summed E-state index contributed by atoms with van der Waals surface area (Å²) >= 11 is 0. The molecule has 46 heavy (non-hydrogen) atoms. The van der Waals surface area contributed by atoms with Crippen LogP contribution >= 0.6 is 0 Å². The molecule has 4 rings (SSSR count). The molecule has 3 fully saturated rings. The third-order valence-electron chi connectivity index (χ3n) is 10.7. The molecule has 4 aliphatic carbocycles. The molecule has 266 valence electrons. The summed E-state index contributed by atoms with van der Waals surface area (Å²) in [5, 5.41) is 0. The molecular formula is C37H74O4Si5. The quantitative estimate of drug-likeness (QED) is 0.104. The number of fused-ring (bicyclic) bond motifs is 2. The van der Waals surface area contributed by atoms with Crippen molar-refractivity contribution >= 4 is 42.3 Å². The van der Waals surface area contributed by atoms with Gasteiger partial charge in [0.25, 0.3) is 0 Å².